The fourth-order valence-corrected chi connectivity index (χ4v) is 1.62. The molecular formula is C15H19N3O3. The summed E-state index contributed by atoms with van der Waals surface area (Å²) in [4.78, 5) is 23.3. The molecule has 0 saturated heterocycles. The monoisotopic (exact) mass is 289 g/mol. The number of hydrogen-bond donors (Lipinski definition) is 3. The van der Waals surface area contributed by atoms with Crippen LogP contribution in [0.5, 0.6) is 5.75 Å². The molecule has 0 spiro atoms. The molecule has 6 nitrogen and oxygen atoms in total. The summed E-state index contributed by atoms with van der Waals surface area (Å²) in [5.74, 6) is 5.54. The number of hydrogen-bond acceptors (Lipinski definition) is 4. The molecule has 6 heteroatoms. The number of carbonyl (C=O) groups excluding carboxylic acids is 2. The van der Waals surface area contributed by atoms with Gasteiger partial charge in [-0.15, -0.1) is 0 Å². The molecule has 4 N–H and O–H groups in total. The topological polar surface area (TPSA) is 93.5 Å². The summed E-state index contributed by atoms with van der Waals surface area (Å²) in [7, 11) is 1.53. The molecule has 0 aliphatic heterocycles. The van der Waals surface area contributed by atoms with Gasteiger partial charge in [-0.1, -0.05) is 11.8 Å². The molecule has 0 unspecified atom stereocenters. The Morgan fingerprint density at radius 1 is 1.33 bits per heavy atom. The highest BCUT2D eigenvalue weighted by atomic mass is 16.5. The Kier molecular flexibility index (Phi) is 6.78. The van der Waals surface area contributed by atoms with Crippen molar-refractivity contribution in [2.45, 2.75) is 6.92 Å². The van der Waals surface area contributed by atoms with E-state index in [9.17, 15) is 9.59 Å². The number of benzene rings is 1. The molecule has 2 amide bonds. The predicted octanol–water partition coefficient (Wildman–Crippen LogP) is -0.129. The summed E-state index contributed by atoms with van der Waals surface area (Å²) >= 11 is 0. The van der Waals surface area contributed by atoms with Crippen LogP contribution in [0.2, 0.25) is 0 Å². The highest BCUT2D eigenvalue weighted by molar-refractivity contribution is 5.97. The van der Waals surface area contributed by atoms with Gasteiger partial charge in [0.25, 0.3) is 5.91 Å². The molecule has 0 fully saturated rings. The van der Waals surface area contributed by atoms with E-state index < -0.39 is 0 Å². The maximum atomic E-state index is 12.0. The molecule has 21 heavy (non-hydrogen) atoms. The molecule has 0 saturated carbocycles. The number of rotatable bonds is 5. The van der Waals surface area contributed by atoms with Gasteiger partial charge in [0.1, 0.15) is 5.75 Å². The van der Waals surface area contributed by atoms with Crippen LogP contribution >= 0.6 is 0 Å². The van der Waals surface area contributed by atoms with Crippen LogP contribution in [-0.2, 0) is 4.79 Å². The van der Waals surface area contributed by atoms with Crippen LogP contribution < -0.4 is 21.1 Å². The van der Waals surface area contributed by atoms with Crippen molar-refractivity contribution in [3.63, 3.8) is 0 Å². The number of amides is 2. The van der Waals surface area contributed by atoms with Crippen molar-refractivity contribution < 1.29 is 14.3 Å². The number of carbonyl (C=O) groups is 2. The van der Waals surface area contributed by atoms with E-state index in [-0.39, 0.29) is 24.9 Å². The summed E-state index contributed by atoms with van der Waals surface area (Å²) in [5, 5.41) is 5.14. The average molecular weight is 289 g/mol. The smallest absolute Gasteiger partial charge is 0.251 e. The van der Waals surface area contributed by atoms with Crippen molar-refractivity contribution in [1.29, 1.82) is 0 Å². The molecule has 0 bridgehead atoms. The van der Waals surface area contributed by atoms with Crippen LogP contribution in [0.1, 0.15) is 22.8 Å². The minimum Gasteiger partial charge on any atom is -0.495 e. The number of likely N-dealkylation sites (N-methyl/N-ethyl adjacent to an activating group) is 1. The molecule has 1 aromatic carbocycles. The zero-order valence-corrected chi connectivity index (χ0v) is 12.2. The molecule has 0 radical (unpaired) electrons. The number of methoxy groups -OCH3 is 1. The van der Waals surface area contributed by atoms with Crippen molar-refractivity contribution in [3.8, 4) is 17.6 Å². The van der Waals surface area contributed by atoms with E-state index in [4.69, 9.17) is 10.5 Å². The van der Waals surface area contributed by atoms with E-state index in [0.717, 1.165) is 0 Å². The second-order valence-corrected chi connectivity index (χ2v) is 4.06. The van der Waals surface area contributed by atoms with Crippen molar-refractivity contribution in [1.82, 2.24) is 10.6 Å². The SMILES string of the molecule is CCNC(=O)CNC(=O)c1ccc(OC)c(C#CCN)c1. The second kappa shape index (κ2) is 8.61. The lowest BCUT2D eigenvalue weighted by Crippen LogP contribution is -2.36. The zero-order valence-electron chi connectivity index (χ0n) is 12.2. The Bertz CT molecular complexity index is 573. The van der Waals surface area contributed by atoms with Gasteiger partial charge in [0, 0.05) is 12.1 Å². The van der Waals surface area contributed by atoms with Gasteiger partial charge in [-0.25, -0.2) is 0 Å². The Hall–Kier alpha value is -2.52. The molecule has 0 aliphatic rings. The first-order chi connectivity index (χ1) is 10.1. The van der Waals surface area contributed by atoms with Crippen LogP contribution in [-0.4, -0.2) is 38.6 Å². The minimum absolute atomic E-state index is 0.0669. The van der Waals surface area contributed by atoms with Crippen LogP contribution in [0.25, 0.3) is 0 Å². The van der Waals surface area contributed by atoms with Gasteiger partial charge in [0.2, 0.25) is 5.91 Å². The lowest BCUT2D eigenvalue weighted by Gasteiger charge is -2.08. The van der Waals surface area contributed by atoms with Crippen molar-refractivity contribution in [2.75, 3.05) is 26.7 Å². The van der Waals surface area contributed by atoms with Crippen molar-refractivity contribution >= 4 is 11.8 Å². The molecule has 1 aromatic rings. The van der Waals surface area contributed by atoms with Crippen LogP contribution in [0, 0.1) is 11.8 Å². The molecule has 1 rings (SSSR count). The maximum Gasteiger partial charge on any atom is 0.251 e. The van der Waals surface area contributed by atoms with Gasteiger partial charge in [0.15, 0.2) is 0 Å². The third-order valence-electron chi connectivity index (χ3n) is 2.57. The molecule has 0 atom stereocenters. The number of nitrogens with two attached hydrogens (primary N) is 1. The van der Waals surface area contributed by atoms with Crippen LogP contribution in [0.4, 0.5) is 0 Å². The van der Waals surface area contributed by atoms with Crippen molar-refractivity contribution in [3.05, 3.63) is 29.3 Å². The van der Waals surface area contributed by atoms with Gasteiger partial charge in [-0.3, -0.25) is 9.59 Å². The maximum absolute atomic E-state index is 12.0. The molecule has 0 aliphatic carbocycles. The van der Waals surface area contributed by atoms with Gasteiger partial charge in [-0.05, 0) is 25.1 Å². The summed E-state index contributed by atoms with van der Waals surface area (Å²) in [6.45, 7) is 2.49. The summed E-state index contributed by atoms with van der Waals surface area (Å²) in [6.07, 6.45) is 0. The normalized spacial score (nSPS) is 9.29. The quantitative estimate of drug-likeness (QED) is 0.658. The third-order valence-corrected chi connectivity index (χ3v) is 2.57. The van der Waals surface area contributed by atoms with E-state index >= 15 is 0 Å². The van der Waals surface area contributed by atoms with Gasteiger partial charge in [-0.2, -0.15) is 0 Å². The van der Waals surface area contributed by atoms with Crippen molar-refractivity contribution in [2.24, 2.45) is 5.73 Å². The highest BCUT2D eigenvalue weighted by Crippen LogP contribution is 2.18. The Morgan fingerprint density at radius 2 is 2.10 bits per heavy atom. The van der Waals surface area contributed by atoms with E-state index in [0.29, 0.717) is 23.4 Å². The molecular weight excluding hydrogens is 270 g/mol. The molecule has 112 valence electrons. The fraction of sp³-hybridized carbons (Fsp3) is 0.333. The lowest BCUT2D eigenvalue weighted by molar-refractivity contribution is -0.120. The number of ether oxygens (including phenoxy) is 1. The van der Waals surface area contributed by atoms with Crippen LogP contribution in [0.15, 0.2) is 18.2 Å². The minimum atomic E-state index is -0.347. The number of nitrogens with one attached hydrogen (secondary N) is 2. The zero-order chi connectivity index (χ0) is 15.7. The van der Waals surface area contributed by atoms with Gasteiger partial charge < -0.3 is 21.1 Å². The van der Waals surface area contributed by atoms with E-state index in [1.807, 2.05) is 6.92 Å². The standard InChI is InChI=1S/C15H19N3O3/c1-3-17-14(19)10-18-15(20)12-6-7-13(21-2)11(9-12)5-4-8-16/h6-7,9H,3,8,10,16H2,1-2H3,(H,17,19)(H,18,20). The lowest BCUT2D eigenvalue weighted by atomic mass is 10.1. The van der Waals surface area contributed by atoms with Gasteiger partial charge >= 0.3 is 0 Å². The van der Waals surface area contributed by atoms with E-state index in [1.165, 1.54) is 7.11 Å². The average Bonchev–Trinajstić information content (AvgIpc) is 2.50. The first kappa shape index (κ1) is 16.5. The first-order valence-corrected chi connectivity index (χ1v) is 6.54. The summed E-state index contributed by atoms with van der Waals surface area (Å²) in [5.41, 5.74) is 6.32. The van der Waals surface area contributed by atoms with E-state index in [2.05, 4.69) is 22.5 Å². The predicted molar refractivity (Wildman–Crippen MR) is 79.9 cm³/mol. The Morgan fingerprint density at radius 3 is 2.71 bits per heavy atom. The third kappa shape index (κ3) is 5.16. The largest absolute Gasteiger partial charge is 0.495 e. The second-order valence-electron chi connectivity index (χ2n) is 4.06. The Labute approximate surface area is 124 Å². The fourth-order valence-electron chi connectivity index (χ4n) is 1.62. The first-order valence-electron chi connectivity index (χ1n) is 6.54. The summed E-state index contributed by atoms with van der Waals surface area (Å²) < 4.78 is 5.17. The van der Waals surface area contributed by atoms with E-state index in [1.54, 1.807) is 18.2 Å². The van der Waals surface area contributed by atoms with Gasteiger partial charge in [0.05, 0.1) is 25.8 Å². The van der Waals surface area contributed by atoms with Crippen LogP contribution in [0.3, 0.4) is 0 Å². The molecule has 0 heterocycles. The Balaban J connectivity index is 2.83. The summed E-state index contributed by atoms with van der Waals surface area (Å²) in [6, 6.07) is 4.87. The highest BCUT2D eigenvalue weighted by Gasteiger charge is 2.10. The molecule has 0 aromatic heterocycles.